The highest BCUT2D eigenvalue weighted by molar-refractivity contribution is 7.13. The summed E-state index contributed by atoms with van der Waals surface area (Å²) in [6.07, 6.45) is 5.74. The van der Waals surface area contributed by atoms with Gasteiger partial charge >= 0.3 is 0 Å². The molecule has 1 aromatic carbocycles. The maximum Gasteiger partial charge on any atom is 0.230 e. The number of benzene rings is 1. The van der Waals surface area contributed by atoms with Gasteiger partial charge in [-0.2, -0.15) is 0 Å². The second kappa shape index (κ2) is 8.53. The molecule has 3 aliphatic heterocycles. The van der Waals surface area contributed by atoms with Crippen molar-refractivity contribution in [3.05, 3.63) is 53.8 Å². The molecule has 5 heterocycles. The second-order valence-electron chi connectivity index (χ2n) is 7.90. The number of nitrogens with one attached hydrogen (secondary N) is 1. The van der Waals surface area contributed by atoms with E-state index in [2.05, 4.69) is 25.5 Å². The molecule has 2 bridgehead atoms. The molecule has 3 saturated heterocycles. The summed E-state index contributed by atoms with van der Waals surface area (Å²) in [5, 5.41) is 14.1. The van der Waals surface area contributed by atoms with E-state index in [4.69, 9.17) is 4.74 Å². The molecule has 1 N–H and O–H groups in total. The Hall–Kier alpha value is -2.78. The van der Waals surface area contributed by atoms with Crippen molar-refractivity contribution < 1.29 is 9.53 Å². The van der Waals surface area contributed by atoms with Crippen molar-refractivity contribution in [2.24, 2.45) is 11.8 Å². The number of rotatable bonds is 7. The molecular weight excluding hydrogens is 400 g/mol. The Morgan fingerprint density at radius 3 is 2.97 bits per heavy atom. The van der Waals surface area contributed by atoms with Crippen LogP contribution in [0.25, 0.3) is 0 Å². The van der Waals surface area contributed by atoms with Crippen molar-refractivity contribution >= 4 is 22.4 Å². The van der Waals surface area contributed by atoms with Gasteiger partial charge in [-0.1, -0.05) is 23.4 Å². The number of para-hydroxylation sites is 1. The lowest BCUT2D eigenvalue weighted by molar-refractivity contribution is -0.127. The molecule has 6 rings (SSSR count). The van der Waals surface area contributed by atoms with Crippen LogP contribution in [0.3, 0.4) is 0 Å². The van der Waals surface area contributed by atoms with Crippen molar-refractivity contribution in [2.45, 2.75) is 32.0 Å². The Bertz CT molecular complexity index is 977. The fourth-order valence-electron chi connectivity index (χ4n) is 4.49. The summed E-state index contributed by atoms with van der Waals surface area (Å²) in [6.45, 7) is 3.02. The molecule has 3 aliphatic rings. The highest BCUT2D eigenvalue weighted by atomic mass is 32.1. The number of nitrogens with zero attached hydrogens (tertiary/aromatic N) is 5. The molecule has 0 radical (unpaired) electrons. The first-order chi connectivity index (χ1) is 14.7. The molecule has 0 saturated carbocycles. The Morgan fingerprint density at radius 1 is 1.30 bits per heavy atom. The number of anilines is 1. The molecule has 156 valence electrons. The Kier molecular flexibility index (Phi) is 5.46. The summed E-state index contributed by atoms with van der Waals surface area (Å²) < 4.78 is 7.66. The normalized spacial score (nSPS) is 25.2. The number of hydrogen-bond donors (Lipinski definition) is 1. The van der Waals surface area contributed by atoms with Crippen LogP contribution in [0.4, 0.5) is 5.13 Å². The first-order valence-corrected chi connectivity index (χ1v) is 11.1. The maximum atomic E-state index is 12.7. The summed E-state index contributed by atoms with van der Waals surface area (Å²) in [4.78, 5) is 19.3. The van der Waals surface area contributed by atoms with Gasteiger partial charge in [-0.3, -0.25) is 14.4 Å². The van der Waals surface area contributed by atoms with E-state index in [0.717, 1.165) is 43.9 Å². The molecular formula is C21H24N6O2S. The van der Waals surface area contributed by atoms with Crippen LogP contribution < -0.4 is 10.1 Å². The van der Waals surface area contributed by atoms with Gasteiger partial charge in [-0.15, -0.1) is 16.4 Å². The monoisotopic (exact) mass is 424 g/mol. The molecule has 30 heavy (non-hydrogen) atoms. The lowest BCUT2D eigenvalue weighted by Crippen LogP contribution is -2.57. The Balaban J connectivity index is 1.16. The number of hydrogen-bond acceptors (Lipinski definition) is 7. The molecule has 1 amide bonds. The number of carbonyl (C=O) groups excluding carboxylic acids is 1. The smallest absolute Gasteiger partial charge is 0.230 e. The summed E-state index contributed by atoms with van der Waals surface area (Å²) in [7, 11) is 0. The van der Waals surface area contributed by atoms with Gasteiger partial charge in [0.25, 0.3) is 0 Å². The number of carbonyl (C=O) groups is 1. The quantitative estimate of drug-likeness (QED) is 0.628. The zero-order valence-corrected chi connectivity index (χ0v) is 17.4. The Morgan fingerprint density at radius 2 is 2.20 bits per heavy atom. The highest BCUT2D eigenvalue weighted by Gasteiger charge is 2.43. The third-order valence-corrected chi connectivity index (χ3v) is 6.68. The second-order valence-corrected chi connectivity index (χ2v) is 8.79. The minimum atomic E-state index is 0.0319. The van der Waals surface area contributed by atoms with Gasteiger partial charge < -0.3 is 10.1 Å². The largest absolute Gasteiger partial charge is 0.487 e. The Labute approximate surface area is 178 Å². The van der Waals surface area contributed by atoms with E-state index in [1.807, 2.05) is 46.6 Å². The van der Waals surface area contributed by atoms with Crippen molar-refractivity contribution in [2.75, 3.05) is 18.4 Å². The minimum Gasteiger partial charge on any atom is -0.487 e. The number of fused-ring (bicyclic) bond motifs is 3. The molecule has 4 atom stereocenters. The van der Waals surface area contributed by atoms with Crippen LogP contribution in [0.15, 0.2) is 48.1 Å². The topological polar surface area (TPSA) is 85.2 Å². The highest BCUT2D eigenvalue weighted by Crippen LogP contribution is 2.37. The molecule has 1 unspecified atom stereocenters. The molecule has 3 aromatic rings. The average Bonchev–Trinajstić information content (AvgIpc) is 3.45. The summed E-state index contributed by atoms with van der Waals surface area (Å²) in [5.41, 5.74) is 0.815. The van der Waals surface area contributed by atoms with Gasteiger partial charge in [0, 0.05) is 24.2 Å². The first-order valence-electron chi connectivity index (χ1n) is 10.3. The average molecular weight is 425 g/mol. The fourth-order valence-corrected chi connectivity index (χ4v) is 5.02. The molecule has 2 aromatic heterocycles. The van der Waals surface area contributed by atoms with Gasteiger partial charge in [-0.05, 0) is 37.4 Å². The molecule has 8 nitrogen and oxygen atoms in total. The zero-order valence-electron chi connectivity index (χ0n) is 16.6. The maximum absolute atomic E-state index is 12.7. The van der Waals surface area contributed by atoms with Gasteiger partial charge in [0.2, 0.25) is 5.91 Å². The molecule has 0 aliphatic carbocycles. The molecule has 3 fully saturated rings. The van der Waals surface area contributed by atoms with Gasteiger partial charge in [-0.25, -0.2) is 4.98 Å². The number of ether oxygens (including phenoxy) is 1. The summed E-state index contributed by atoms with van der Waals surface area (Å²) in [5.74, 6) is 1.36. The number of thiazole rings is 1. The van der Waals surface area contributed by atoms with E-state index in [-0.39, 0.29) is 11.8 Å². The van der Waals surface area contributed by atoms with E-state index in [1.165, 1.54) is 11.3 Å². The third-order valence-electron chi connectivity index (χ3n) is 5.99. The van der Waals surface area contributed by atoms with Gasteiger partial charge in [0.05, 0.1) is 18.7 Å². The standard InChI is InChI=1S/C21H24N6O2S/c28-20(23-21-22-7-9-30-21)19-13-26-8-6-15(19)10-17(26)12-27-11-16(24-25-27)14-29-18-4-2-1-3-5-18/h1-5,7,9,11,15,17,19H,6,8,10,12-14H2,(H,22,23,28)/t15-,17-,19+/m1/s1. The van der Waals surface area contributed by atoms with Crippen LogP contribution >= 0.6 is 11.3 Å². The van der Waals surface area contributed by atoms with Gasteiger partial charge in [0.1, 0.15) is 18.1 Å². The summed E-state index contributed by atoms with van der Waals surface area (Å²) in [6, 6.07) is 10.1. The summed E-state index contributed by atoms with van der Waals surface area (Å²) >= 11 is 1.46. The zero-order chi connectivity index (χ0) is 20.3. The van der Waals surface area contributed by atoms with Gasteiger partial charge in [0.15, 0.2) is 5.13 Å². The number of aromatic nitrogens is 4. The molecule has 0 spiro atoms. The number of amides is 1. The number of piperidine rings is 3. The van der Waals surface area contributed by atoms with Crippen LogP contribution in [0.2, 0.25) is 0 Å². The van der Waals surface area contributed by atoms with E-state index in [0.29, 0.717) is 23.7 Å². The van der Waals surface area contributed by atoms with E-state index < -0.39 is 0 Å². The van der Waals surface area contributed by atoms with Crippen molar-refractivity contribution in [3.63, 3.8) is 0 Å². The van der Waals surface area contributed by atoms with Crippen LogP contribution in [-0.2, 0) is 17.9 Å². The predicted molar refractivity (Wildman–Crippen MR) is 113 cm³/mol. The SMILES string of the molecule is O=C(Nc1nccs1)[C@H]1CN2CC[C@@H]1C[C@@H]2Cn1cc(COc2ccccc2)nn1. The fraction of sp³-hybridized carbons (Fsp3) is 0.429. The lowest BCUT2D eigenvalue weighted by atomic mass is 9.75. The lowest BCUT2D eigenvalue weighted by Gasteiger charge is -2.49. The van der Waals surface area contributed by atoms with E-state index in [1.54, 1.807) is 6.20 Å². The van der Waals surface area contributed by atoms with Crippen LogP contribution in [-0.4, -0.2) is 49.9 Å². The predicted octanol–water partition coefficient (Wildman–Crippen LogP) is 2.66. The third kappa shape index (κ3) is 4.22. The van der Waals surface area contributed by atoms with Crippen molar-refractivity contribution in [1.82, 2.24) is 24.9 Å². The van der Waals surface area contributed by atoms with Crippen LogP contribution in [0, 0.1) is 11.8 Å². The van der Waals surface area contributed by atoms with Crippen LogP contribution in [0.1, 0.15) is 18.5 Å². The molecule has 9 heteroatoms. The first kappa shape index (κ1) is 19.2. The van der Waals surface area contributed by atoms with E-state index in [9.17, 15) is 4.79 Å². The van der Waals surface area contributed by atoms with Crippen molar-refractivity contribution in [3.8, 4) is 5.75 Å². The minimum absolute atomic E-state index is 0.0319. The van der Waals surface area contributed by atoms with Crippen molar-refractivity contribution in [1.29, 1.82) is 0 Å². The van der Waals surface area contributed by atoms with Crippen LogP contribution in [0.5, 0.6) is 5.75 Å². The van der Waals surface area contributed by atoms with E-state index >= 15 is 0 Å².